The number of nitrogens with one attached hydrogen (secondary N) is 1. The van der Waals surface area contributed by atoms with E-state index in [-0.39, 0.29) is 6.10 Å². The highest BCUT2D eigenvalue weighted by molar-refractivity contribution is 5.37. The van der Waals surface area contributed by atoms with Gasteiger partial charge in [0.25, 0.3) is 0 Å². The fraction of sp³-hybridized carbons (Fsp3) is 0.438. The van der Waals surface area contributed by atoms with Crippen molar-refractivity contribution in [1.82, 2.24) is 15.1 Å². The summed E-state index contributed by atoms with van der Waals surface area (Å²) < 4.78 is 7.95. The molecule has 0 amide bonds. The third-order valence-electron chi connectivity index (χ3n) is 3.96. The molecule has 2 aliphatic rings. The van der Waals surface area contributed by atoms with Crippen LogP contribution in [0.5, 0.6) is 5.75 Å². The quantitative estimate of drug-likeness (QED) is 0.904. The number of hydrogen-bond donors (Lipinski definition) is 1. The minimum atomic E-state index is 0.205. The van der Waals surface area contributed by atoms with Crippen LogP contribution in [0.15, 0.2) is 36.7 Å². The zero-order valence-electron chi connectivity index (χ0n) is 11.5. The smallest absolute Gasteiger partial charge is 0.123 e. The molecule has 0 saturated heterocycles. The highest BCUT2D eigenvalue weighted by Gasteiger charge is 2.23. The van der Waals surface area contributed by atoms with E-state index in [0.717, 1.165) is 31.3 Å². The van der Waals surface area contributed by atoms with E-state index in [4.69, 9.17) is 4.74 Å². The molecule has 2 aromatic rings. The largest absolute Gasteiger partial charge is 0.488 e. The first-order chi connectivity index (χ1) is 9.87. The molecule has 1 saturated carbocycles. The number of nitrogens with zero attached hydrogens (tertiary/aromatic N) is 2. The molecule has 1 aliphatic carbocycles. The molecule has 1 fully saturated rings. The van der Waals surface area contributed by atoms with E-state index in [1.54, 1.807) is 0 Å². The van der Waals surface area contributed by atoms with Crippen LogP contribution in [0, 0.1) is 0 Å². The molecule has 2 heterocycles. The summed E-state index contributed by atoms with van der Waals surface area (Å²) in [6, 6.07) is 9.02. The van der Waals surface area contributed by atoms with Crippen molar-refractivity contribution in [2.75, 3.05) is 0 Å². The lowest BCUT2D eigenvalue weighted by molar-refractivity contribution is 0.203. The number of rotatable bonds is 5. The second-order valence-corrected chi connectivity index (χ2v) is 5.78. The van der Waals surface area contributed by atoms with E-state index < -0.39 is 0 Å². The van der Waals surface area contributed by atoms with Gasteiger partial charge in [0, 0.05) is 30.8 Å². The Bertz CT molecular complexity index is 578. The van der Waals surface area contributed by atoms with E-state index in [0.29, 0.717) is 0 Å². The predicted octanol–water partition coefficient (Wildman–Crippen LogP) is 2.14. The van der Waals surface area contributed by atoms with Crippen molar-refractivity contribution >= 4 is 0 Å². The molecule has 0 bridgehead atoms. The third kappa shape index (κ3) is 2.56. The number of benzene rings is 1. The first-order valence-corrected chi connectivity index (χ1v) is 7.36. The summed E-state index contributed by atoms with van der Waals surface area (Å²) >= 11 is 0. The van der Waals surface area contributed by atoms with Crippen LogP contribution in [-0.4, -0.2) is 21.9 Å². The molecule has 20 heavy (non-hydrogen) atoms. The maximum Gasteiger partial charge on any atom is 0.123 e. The zero-order valence-corrected chi connectivity index (χ0v) is 11.5. The minimum Gasteiger partial charge on any atom is -0.488 e. The van der Waals surface area contributed by atoms with Gasteiger partial charge in [-0.25, -0.2) is 0 Å². The van der Waals surface area contributed by atoms with Gasteiger partial charge in [0.2, 0.25) is 0 Å². The summed E-state index contributed by atoms with van der Waals surface area (Å²) in [6.45, 7) is 1.74. The average Bonchev–Trinajstić information content (AvgIpc) is 3.04. The Labute approximate surface area is 118 Å². The first kappa shape index (κ1) is 12.0. The summed E-state index contributed by atoms with van der Waals surface area (Å²) in [4.78, 5) is 0. The molecule has 1 aromatic carbocycles. The van der Waals surface area contributed by atoms with Crippen molar-refractivity contribution in [2.45, 2.75) is 44.5 Å². The number of fused-ring (bicyclic) bond motifs is 1. The van der Waals surface area contributed by atoms with Crippen LogP contribution in [0.2, 0.25) is 0 Å². The summed E-state index contributed by atoms with van der Waals surface area (Å²) in [5.74, 6) is 1.03. The molecule has 0 radical (unpaired) electrons. The lowest BCUT2D eigenvalue weighted by Gasteiger charge is -2.10. The molecule has 1 unspecified atom stereocenters. The zero-order chi connectivity index (χ0) is 13.4. The monoisotopic (exact) mass is 269 g/mol. The van der Waals surface area contributed by atoms with Crippen LogP contribution in [-0.2, 0) is 19.5 Å². The van der Waals surface area contributed by atoms with Gasteiger partial charge in [-0.3, -0.25) is 4.68 Å². The average molecular weight is 269 g/mol. The minimum absolute atomic E-state index is 0.205. The van der Waals surface area contributed by atoms with Crippen molar-refractivity contribution in [1.29, 1.82) is 0 Å². The maximum atomic E-state index is 5.95. The van der Waals surface area contributed by atoms with Gasteiger partial charge < -0.3 is 10.1 Å². The molecule has 4 heteroatoms. The molecule has 1 N–H and O–H groups in total. The molecule has 1 aliphatic heterocycles. The summed E-state index contributed by atoms with van der Waals surface area (Å²) in [6.07, 6.45) is 7.91. The van der Waals surface area contributed by atoms with Crippen molar-refractivity contribution in [3.05, 3.63) is 47.8 Å². The summed E-state index contributed by atoms with van der Waals surface area (Å²) in [5, 5.41) is 7.95. The fourth-order valence-electron chi connectivity index (χ4n) is 2.71. The molecule has 104 valence electrons. The Morgan fingerprint density at radius 1 is 1.30 bits per heavy atom. The van der Waals surface area contributed by atoms with Gasteiger partial charge in [-0.2, -0.15) is 5.10 Å². The molecule has 1 aromatic heterocycles. The van der Waals surface area contributed by atoms with Gasteiger partial charge in [-0.1, -0.05) is 18.2 Å². The molecule has 4 rings (SSSR count). The molecule has 0 spiro atoms. The van der Waals surface area contributed by atoms with E-state index >= 15 is 0 Å². The van der Waals surface area contributed by atoms with Crippen molar-refractivity contribution < 1.29 is 4.74 Å². The Balaban J connectivity index is 1.35. The Morgan fingerprint density at radius 2 is 2.20 bits per heavy atom. The van der Waals surface area contributed by atoms with Crippen LogP contribution < -0.4 is 10.1 Å². The van der Waals surface area contributed by atoms with Gasteiger partial charge in [-0.05, 0) is 24.5 Å². The van der Waals surface area contributed by atoms with E-state index in [1.165, 1.54) is 24.0 Å². The molecule has 4 nitrogen and oxygen atoms in total. The van der Waals surface area contributed by atoms with E-state index in [1.807, 2.05) is 23.0 Å². The Kier molecular flexibility index (Phi) is 2.96. The second kappa shape index (κ2) is 4.94. The maximum absolute atomic E-state index is 5.95. The van der Waals surface area contributed by atoms with Crippen molar-refractivity contribution in [2.24, 2.45) is 0 Å². The molecular formula is C16H19N3O. The van der Waals surface area contributed by atoms with Crippen LogP contribution in [0.25, 0.3) is 0 Å². The highest BCUT2D eigenvalue weighted by Crippen LogP contribution is 2.28. The van der Waals surface area contributed by atoms with Gasteiger partial charge in [0.1, 0.15) is 11.9 Å². The van der Waals surface area contributed by atoms with Crippen LogP contribution in [0.1, 0.15) is 24.0 Å². The lowest BCUT2D eigenvalue weighted by Crippen LogP contribution is -2.21. The standard InChI is InChI=1S/C16H19N3O/c1-2-4-16-13(3-1)7-15(20-16)11-19-10-12(9-18-19)8-17-14-5-6-14/h1-4,9-10,14-15,17H,5-8,11H2. The number of ether oxygens (including phenoxy) is 1. The van der Waals surface area contributed by atoms with Crippen molar-refractivity contribution in [3.63, 3.8) is 0 Å². The Morgan fingerprint density at radius 3 is 3.05 bits per heavy atom. The first-order valence-electron chi connectivity index (χ1n) is 7.36. The fourth-order valence-corrected chi connectivity index (χ4v) is 2.71. The number of hydrogen-bond acceptors (Lipinski definition) is 3. The topological polar surface area (TPSA) is 39.1 Å². The predicted molar refractivity (Wildman–Crippen MR) is 76.7 cm³/mol. The molecule has 1 atom stereocenters. The number of para-hydroxylation sites is 1. The number of aromatic nitrogens is 2. The van der Waals surface area contributed by atoms with Crippen molar-refractivity contribution in [3.8, 4) is 5.75 Å². The SMILES string of the molecule is c1ccc2c(c1)CC(Cn1cc(CNC3CC3)cn1)O2. The molecular weight excluding hydrogens is 250 g/mol. The van der Waals surface area contributed by atoms with Crippen LogP contribution >= 0.6 is 0 Å². The van der Waals surface area contributed by atoms with Gasteiger partial charge in [-0.15, -0.1) is 0 Å². The van der Waals surface area contributed by atoms with E-state index in [9.17, 15) is 0 Å². The second-order valence-electron chi connectivity index (χ2n) is 5.78. The van der Waals surface area contributed by atoms with Gasteiger partial charge >= 0.3 is 0 Å². The highest BCUT2D eigenvalue weighted by atomic mass is 16.5. The van der Waals surface area contributed by atoms with Crippen LogP contribution in [0.4, 0.5) is 0 Å². The summed E-state index contributed by atoms with van der Waals surface area (Å²) in [7, 11) is 0. The summed E-state index contributed by atoms with van der Waals surface area (Å²) in [5.41, 5.74) is 2.56. The van der Waals surface area contributed by atoms with Gasteiger partial charge in [0.05, 0.1) is 12.7 Å². The lowest BCUT2D eigenvalue weighted by atomic mass is 10.1. The van der Waals surface area contributed by atoms with Crippen LogP contribution in [0.3, 0.4) is 0 Å². The normalized spacial score (nSPS) is 20.7. The Hall–Kier alpha value is -1.81. The van der Waals surface area contributed by atoms with E-state index in [2.05, 4.69) is 28.7 Å². The van der Waals surface area contributed by atoms with Gasteiger partial charge in [0.15, 0.2) is 0 Å². The third-order valence-corrected chi connectivity index (χ3v) is 3.96.